The lowest BCUT2D eigenvalue weighted by atomic mass is 9.84. The van der Waals surface area contributed by atoms with Crippen molar-refractivity contribution in [2.24, 2.45) is 0 Å². The Balaban J connectivity index is 2.11. The molecule has 10 nitrogen and oxygen atoms in total. The molecule has 4 rings (SSSR count). The van der Waals surface area contributed by atoms with E-state index >= 15 is 0 Å². The molecule has 174 valence electrons. The van der Waals surface area contributed by atoms with Crippen molar-refractivity contribution in [3.8, 4) is 0 Å². The molecule has 3 N–H and O–H groups in total. The van der Waals surface area contributed by atoms with Crippen LogP contribution in [0.15, 0.2) is 63.2 Å². The predicted molar refractivity (Wildman–Crippen MR) is 120 cm³/mol. The van der Waals surface area contributed by atoms with Crippen LogP contribution in [0.4, 0.5) is 11.4 Å². The van der Waals surface area contributed by atoms with Gasteiger partial charge in [0.15, 0.2) is 6.21 Å². The van der Waals surface area contributed by atoms with Gasteiger partial charge in [0.1, 0.15) is 9.79 Å². The van der Waals surface area contributed by atoms with Gasteiger partial charge in [0.05, 0.1) is 10.3 Å². The second-order valence-corrected chi connectivity index (χ2v) is 12.4. The summed E-state index contributed by atoms with van der Waals surface area (Å²) in [6.45, 7) is 3.61. The lowest BCUT2D eigenvalue weighted by molar-refractivity contribution is 0.480. The number of nitrogens with zero attached hydrogens (tertiary/aromatic N) is 1. The fourth-order valence-electron chi connectivity index (χ4n) is 4.06. The molecule has 0 fully saturated rings. The number of rotatable bonds is 4. The number of hydrogen-bond acceptors (Lipinski definition) is 6. The number of fused-ring (bicyclic) bond motifs is 3. The molecule has 1 aliphatic heterocycles. The highest BCUT2D eigenvalue weighted by atomic mass is 32.2. The van der Waals surface area contributed by atoms with Gasteiger partial charge in [-0.15, -0.1) is 0 Å². The second-order valence-electron chi connectivity index (χ2n) is 8.12. The molecule has 0 unspecified atom stereocenters. The Morgan fingerprint density at radius 3 is 1.91 bits per heavy atom. The lowest BCUT2D eigenvalue weighted by Gasteiger charge is -2.16. The summed E-state index contributed by atoms with van der Waals surface area (Å²) < 4.78 is 101. The van der Waals surface area contributed by atoms with E-state index in [0.717, 1.165) is 18.2 Å². The van der Waals surface area contributed by atoms with Gasteiger partial charge in [0.2, 0.25) is 11.4 Å². The van der Waals surface area contributed by atoms with Crippen LogP contribution in [0.5, 0.6) is 0 Å². The minimum absolute atomic E-state index is 0.110. The van der Waals surface area contributed by atoms with Crippen LogP contribution in [0.1, 0.15) is 19.4 Å². The summed E-state index contributed by atoms with van der Waals surface area (Å²) >= 11 is 0. The Hall–Kier alpha value is -2.68. The van der Waals surface area contributed by atoms with E-state index in [1.54, 1.807) is 12.3 Å². The molecule has 33 heavy (non-hydrogen) atoms. The first-order valence-corrected chi connectivity index (χ1v) is 13.6. The quantitative estimate of drug-likeness (QED) is 0.352. The van der Waals surface area contributed by atoms with Crippen molar-refractivity contribution in [1.29, 1.82) is 0 Å². The number of benzene rings is 3. The molecule has 0 aromatic heterocycles. The van der Waals surface area contributed by atoms with E-state index in [4.69, 9.17) is 0 Å². The molecule has 0 bridgehead atoms. The van der Waals surface area contributed by atoms with E-state index in [9.17, 15) is 38.9 Å². The first-order chi connectivity index (χ1) is 15.0. The van der Waals surface area contributed by atoms with E-state index in [1.807, 2.05) is 13.8 Å². The van der Waals surface area contributed by atoms with Gasteiger partial charge in [-0.25, -0.2) is 0 Å². The Kier molecular flexibility index (Phi) is 5.09. The van der Waals surface area contributed by atoms with Crippen LogP contribution in [-0.4, -0.2) is 45.1 Å². The van der Waals surface area contributed by atoms with Gasteiger partial charge < -0.3 is 0 Å². The van der Waals surface area contributed by atoms with Crippen molar-refractivity contribution in [1.82, 2.24) is 4.58 Å². The van der Waals surface area contributed by atoms with Gasteiger partial charge in [0, 0.05) is 29.1 Å². The molecule has 0 radical (unpaired) electrons. The summed E-state index contributed by atoms with van der Waals surface area (Å²) in [6, 6.07) is 9.91. The summed E-state index contributed by atoms with van der Waals surface area (Å²) in [5.41, 5.74) is 0.419. The van der Waals surface area contributed by atoms with Gasteiger partial charge >= 0.3 is 0 Å². The van der Waals surface area contributed by atoms with Crippen LogP contribution >= 0.6 is 0 Å². The molecule has 0 atom stereocenters. The molecule has 1 heterocycles. The summed E-state index contributed by atoms with van der Waals surface area (Å²) in [5, 5.41) is 0.198. The second kappa shape index (κ2) is 7.16. The molecule has 0 amide bonds. The highest BCUT2D eigenvalue weighted by Crippen LogP contribution is 2.45. The molecule has 3 aromatic carbocycles. The minimum atomic E-state index is -4.84. The van der Waals surface area contributed by atoms with E-state index in [0.29, 0.717) is 22.3 Å². The zero-order chi connectivity index (χ0) is 24.6. The molecular formula is C20H18NO9S3+. The third-order valence-electron chi connectivity index (χ3n) is 5.37. The van der Waals surface area contributed by atoms with Gasteiger partial charge in [-0.3, -0.25) is 13.7 Å². The molecule has 0 saturated heterocycles. The maximum absolute atomic E-state index is 12.2. The minimum Gasteiger partial charge on any atom is -0.282 e. The average Bonchev–Trinajstić information content (AvgIpc) is 2.96. The summed E-state index contributed by atoms with van der Waals surface area (Å²) in [4.78, 5) is -1.51. The molecule has 3 aromatic rings. The Morgan fingerprint density at radius 1 is 0.727 bits per heavy atom. The van der Waals surface area contributed by atoms with Crippen LogP contribution in [-0.2, 0) is 35.8 Å². The highest BCUT2D eigenvalue weighted by Gasteiger charge is 2.42. The van der Waals surface area contributed by atoms with E-state index < -0.39 is 45.6 Å². The molecule has 13 heteroatoms. The Labute approximate surface area is 190 Å². The van der Waals surface area contributed by atoms with E-state index in [-0.39, 0.29) is 10.3 Å². The van der Waals surface area contributed by atoms with Crippen LogP contribution in [0.2, 0.25) is 0 Å². The molecule has 0 spiro atoms. The third kappa shape index (κ3) is 4.07. The summed E-state index contributed by atoms with van der Waals surface area (Å²) in [5.74, 6) is 0. The van der Waals surface area contributed by atoms with Gasteiger partial charge in [-0.05, 0) is 37.4 Å². The zero-order valence-electron chi connectivity index (χ0n) is 17.2. The van der Waals surface area contributed by atoms with Crippen molar-refractivity contribution in [3.05, 3.63) is 54.1 Å². The molecule has 0 saturated carbocycles. The highest BCUT2D eigenvalue weighted by molar-refractivity contribution is 7.86. The first-order valence-electron chi connectivity index (χ1n) is 9.29. The standard InChI is InChI=1S/C20H17NO9S3/c1-20(2)11-21(12-4-3-5-13(8-12)31(22,23)24)17-10-18(33(28,29)30)16-9-14(32(25,26)27)6-7-15(16)19(17)20/h3-11H,1-2H3,(H2-,22,23,24,25,26,27,28,29,30)/p+1. The van der Waals surface area contributed by atoms with Crippen LogP contribution < -0.4 is 4.58 Å². The maximum atomic E-state index is 12.2. The average molecular weight is 513 g/mol. The van der Waals surface area contributed by atoms with Gasteiger partial charge in [-0.2, -0.15) is 29.8 Å². The predicted octanol–water partition coefficient (Wildman–Crippen LogP) is 2.78. The Morgan fingerprint density at radius 2 is 1.33 bits per heavy atom. The van der Waals surface area contributed by atoms with E-state index in [1.165, 1.54) is 28.8 Å². The largest absolute Gasteiger partial charge is 0.295 e. The molecular weight excluding hydrogens is 494 g/mol. The van der Waals surface area contributed by atoms with Crippen molar-refractivity contribution in [2.75, 3.05) is 0 Å². The van der Waals surface area contributed by atoms with Crippen molar-refractivity contribution < 1.29 is 38.9 Å². The lowest BCUT2D eigenvalue weighted by Crippen LogP contribution is -2.17. The summed E-state index contributed by atoms with van der Waals surface area (Å²) in [7, 11) is -14.0. The van der Waals surface area contributed by atoms with Crippen LogP contribution in [0.25, 0.3) is 10.8 Å². The molecule has 1 aliphatic rings. The van der Waals surface area contributed by atoms with Crippen molar-refractivity contribution >= 4 is 58.7 Å². The topological polar surface area (TPSA) is 166 Å². The van der Waals surface area contributed by atoms with Crippen molar-refractivity contribution in [2.45, 2.75) is 33.9 Å². The zero-order valence-corrected chi connectivity index (χ0v) is 19.6. The number of hydrogen-bond donors (Lipinski definition) is 3. The van der Waals surface area contributed by atoms with Gasteiger partial charge in [0.25, 0.3) is 30.4 Å². The van der Waals surface area contributed by atoms with Crippen LogP contribution in [0, 0.1) is 0 Å². The van der Waals surface area contributed by atoms with Crippen LogP contribution in [0.3, 0.4) is 0 Å². The fourth-order valence-corrected chi connectivity index (χ4v) is 5.80. The fraction of sp³-hybridized carbons (Fsp3) is 0.150. The summed E-state index contributed by atoms with van der Waals surface area (Å²) in [6.07, 6.45) is 1.70. The van der Waals surface area contributed by atoms with Gasteiger partial charge in [-0.1, -0.05) is 12.1 Å². The first kappa shape index (κ1) is 23.5. The molecule has 0 aliphatic carbocycles. The third-order valence-corrected chi connectivity index (χ3v) is 7.97. The van der Waals surface area contributed by atoms with E-state index in [2.05, 4.69) is 0 Å². The SMILES string of the molecule is CC1(C)C=[N+](c2cccc(S(=O)(=O)O)c2)c2cc(S(=O)(=O)O)c3cc(S(=O)(=O)O)ccc3c21. The Bertz CT molecular complexity index is 1700. The maximum Gasteiger partial charge on any atom is 0.295 e. The van der Waals surface area contributed by atoms with Crippen molar-refractivity contribution in [3.63, 3.8) is 0 Å². The normalized spacial score (nSPS) is 16.0. The smallest absolute Gasteiger partial charge is 0.282 e. The monoisotopic (exact) mass is 512 g/mol.